The van der Waals surface area contributed by atoms with E-state index >= 15 is 0 Å². The minimum absolute atomic E-state index is 0.0228. The van der Waals surface area contributed by atoms with Crippen LogP contribution in [0.15, 0.2) is 0 Å². The fourth-order valence-electron chi connectivity index (χ4n) is 3.38. The molecule has 1 amide bonds. The summed E-state index contributed by atoms with van der Waals surface area (Å²) < 4.78 is 5.39. The van der Waals surface area contributed by atoms with Crippen molar-refractivity contribution in [2.24, 2.45) is 11.3 Å². The Bertz CT molecular complexity index is 401. The Morgan fingerprint density at radius 3 is 2.76 bits per heavy atom. The van der Waals surface area contributed by atoms with Gasteiger partial charge < -0.3 is 20.5 Å². The van der Waals surface area contributed by atoms with Gasteiger partial charge in [-0.3, -0.25) is 9.59 Å². The molecule has 1 saturated heterocycles. The number of hydrogen-bond donors (Lipinski definition) is 3. The predicted octanol–water partition coefficient (Wildman–Crippen LogP) is 0.761. The first-order valence-electron chi connectivity index (χ1n) is 7.84. The van der Waals surface area contributed by atoms with E-state index in [0.29, 0.717) is 19.6 Å². The first-order chi connectivity index (χ1) is 9.99. The van der Waals surface area contributed by atoms with Crippen LogP contribution in [0.25, 0.3) is 0 Å². The Balaban J connectivity index is 2.02. The van der Waals surface area contributed by atoms with Gasteiger partial charge >= 0.3 is 5.97 Å². The average molecular weight is 298 g/mol. The lowest BCUT2D eigenvalue weighted by Gasteiger charge is -2.39. The van der Waals surface area contributed by atoms with E-state index in [1.54, 1.807) is 6.92 Å². The van der Waals surface area contributed by atoms with Crippen LogP contribution in [0.1, 0.15) is 39.5 Å². The van der Waals surface area contributed by atoms with Crippen molar-refractivity contribution in [2.75, 3.05) is 19.8 Å². The molecule has 0 aromatic rings. The van der Waals surface area contributed by atoms with Gasteiger partial charge in [-0.25, -0.2) is 0 Å². The van der Waals surface area contributed by atoms with Gasteiger partial charge in [-0.1, -0.05) is 19.8 Å². The molecular weight excluding hydrogens is 272 g/mol. The van der Waals surface area contributed by atoms with Gasteiger partial charge in [0.05, 0.1) is 24.5 Å². The number of carboxylic acids is 1. The highest BCUT2D eigenvalue weighted by Gasteiger charge is 2.45. The van der Waals surface area contributed by atoms with Gasteiger partial charge in [0.2, 0.25) is 5.91 Å². The largest absolute Gasteiger partial charge is 0.481 e. The summed E-state index contributed by atoms with van der Waals surface area (Å²) in [5.41, 5.74) is -0.860. The van der Waals surface area contributed by atoms with E-state index in [1.165, 1.54) is 0 Å². The SMILES string of the molecule is CCNC1COCC1C(=O)NC1CCCCC1(C)C(=O)O. The van der Waals surface area contributed by atoms with Crippen LogP contribution in [0.4, 0.5) is 0 Å². The van der Waals surface area contributed by atoms with Crippen LogP contribution in [-0.2, 0) is 14.3 Å². The molecule has 21 heavy (non-hydrogen) atoms. The van der Waals surface area contributed by atoms with Gasteiger partial charge in [-0.2, -0.15) is 0 Å². The van der Waals surface area contributed by atoms with Crippen molar-refractivity contribution in [3.8, 4) is 0 Å². The molecule has 4 atom stereocenters. The van der Waals surface area contributed by atoms with Crippen LogP contribution >= 0.6 is 0 Å². The molecule has 0 aromatic heterocycles. The second-order valence-electron chi connectivity index (χ2n) is 6.34. The highest BCUT2D eigenvalue weighted by molar-refractivity contribution is 5.82. The van der Waals surface area contributed by atoms with Crippen molar-refractivity contribution in [3.05, 3.63) is 0 Å². The van der Waals surface area contributed by atoms with Crippen LogP contribution in [0.5, 0.6) is 0 Å². The second-order valence-corrected chi connectivity index (χ2v) is 6.34. The molecule has 3 N–H and O–H groups in total. The number of amides is 1. The lowest BCUT2D eigenvalue weighted by atomic mass is 9.71. The Kier molecular flexibility index (Phi) is 5.22. The van der Waals surface area contributed by atoms with Crippen LogP contribution < -0.4 is 10.6 Å². The highest BCUT2D eigenvalue weighted by atomic mass is 16.5. The molecule has 1 aliphatic heterocycles. The van der Waals surface area contributed by atoms with Crippen molar-refractivity contribution in [1.82, 2.24) is 10.6 Å². The summed E-state index contributed by atoms with van der Waals surface area (Å²) in [6.07, 6.45) is 3.21. The van der Waals surface area contributed by atoms with E-state index in [-0.39, 0.29) is 23.9 Å². The first-order valence-corrected chi connectivity index (χ1v) is 7.84. The van der Waals surface area contributed by atoms with E-state index < -0.39 is 11.4 Å². The fraction of sp³-hybridized carbons (Fsp3) is 0.867. The molecule has 1 aliphatic carbocycles. The number of nitrogens with one attached hydrogen (secondary N) is 2. The van der Waals surface area contributed by atoms with Crippen LogP contribution in [0.3, 0.4) is 0 Å². The normalized spacial score (nSPS) is 36.4. The Hall–Kier alpha value is -1.14. The van der Waals surface area contributed by atoms with Gasteiger partial charge in [-0.15, -0.1) is 0 Å². The maximum absolute atomic E-state index is 12.5. The van der Waals surface area contributed by atoms with Crippen molar-refractivity contribution >= 4 is 11.9 Å². The zero-order valence-corrected chi connectivity index (χ0v) is 12.9. The fourth-order valence-corrected chi connectivity index (χ4v) is 3.38. The third-order valence-electron chi connectivity index (χ3n) is 4.90. The van der Waals surface area contributed by atoms with E-state index in [4.69, 9.17) is 4.74 Å². The number of hydrogen-bond acceptors (Lipinski definition) is 4. The van der Waals surface area contributed by atoms with Gasteiger partial charge in [-0.05, 0) is 26.3 Å². The van der Waals surface area contributed by atoms with E-state index in [1.807, 2.05) is 6.92 Å². The summed E-state index contributed by atoms with van der Waals surface area (Å²) >= 11 is 0. The average Bonchev–Trinajstić information content (AvgIpc) is 2.90. The number of carbonyl (C=O) groups is 2. The molecule has 1 heterocycles. The molecule has 2 aliphatic rings. The molecule has 0 aromatic carbocycles. The van der Waals surface area contributed by atoms with Crippen molar-refractivity contribution in [1.29, 1.82) is 0 Å². The zero-order valence-electron chi connectivity index (χ0n) is 12.9. The molecule has 120 valence electrons. The van der Waals surface area contributed by atoms with Gasteiger partial charge in [0.25, 0.3) is 0 Å². The number of rotatable bonds is 5. The smallest absolute Gasteiger partial charge is 0.311 e. The lowest BCUT2D eigenvalue weighted by Crippen LogP contribution is -2.55. The van der Waals surface area contributed by atoms with Gasteiger partial charge in [0.15, 0.2) is 0 Å². The van der Waals surface area contributed by atoms with Crippen molar-refractivity contribution < 1.29 is 19.4 Å². The third kappa shape index (κ3) is 3.37. The van der Waals surface area contributed by atoms with E-state index in [0.717, 1.165) is 25.8 Å². The predicted molar refractivity (Wildman–Crippen MR) is 77.9 cm³/mol. The summed E-state index contributed by atoms with van der Waals surface area (Å²) in [6, 6.07) is -0.270. The van der Waals surface area contributed by atoms with Gasteiger partial charge in [0.1, 0.15) is 0 Å². The topological polar surface area (TPSA) is 87.7 Å². The molecule has 4 unspecified atom stereocenters. The van der Waals surface area contributed by atoms with E-state index in [2.05, 4.69) is 10.6 Å². The quantitative estimate of drug-likeness (QED) is 0.697. The third-order valence-corrected chi connectivity index (χ3v) is 4.90. The van der Waals surface area contributed by atoms with Crippen LogP contribution in [0.2, 0.25) is 0 Å². The summed E-state index contributed by atoms with van der Waals surface area (Å²) in [5, 5.41) is 15.7. The van der Waals surface area contributed by atoms with Crippen molar-refractivity contribution in [2.45, 2.75) is 51.6 Å². The molecule has 6 heteroatoms. The maximum atomic E-state index is 12.5. The van der Waals surface area contributed by atoms with Crippen LogP contribution in [0, 0.1) is 11.3 Å². The number of carboxylic acid groups (broad SMARTS) is 1. The summed E-state index contributed by atoms with van der Waals surface area (Å²) in [4.78, 5) is 24.1. The van der Waals surface area contributed by atoms with Crippen molar-refractivity contribution in [3.63, 3.8) is 0 Å². The molecule has 6 nitrogen and oxygen atoms in total. The Morgan fingerprint density at radius 1 is 1.33 bits per heavy atom. The standard InChI is InChI=1S/C15H26N2O4/c1-3-16-11-9-21-8-10(11)13(18)17-12-6-4-5-7-15(12,2)14(19)20/h10-12,16H,3-9H2,1-2H3,(H,17,18)(H,19,20). The second kappa shape index (κ2) is 6.75. The van der Waals surface area contributed by atoms with E-state index in [9.17, 15) is 14.7 Å². The molecule has 0 bridgehead atoms. The number of likely N-dealkylation sites (N-methyl/N-ethyl adjacent to an activating group) is 1. The molecule has 2 fully saturated rings. The minimum atomic E-state index is -0.860. The minimum Gasteiger partial charge on any atom is -0.481 e. The number of ether oxygens (including phenoxy) is 1. The number of aliphatic carboxylic acids is 1. The Morgan fingerprint density at radius 2 is 2.10 bits per heavy atom. The summed E-state index contributed by atoms with van der Waals surface area (Å²) in [7, 11) is 0. The maximum Gasteiger partial charge on any atom is 0.311 e. The molecule has 0 radical (unpaired) electrons. The zero-order chi connectivity index (χ0) is 15.5. The highest BCUT2D eigenvalue weighted by Crippen LogP contribution is 2.36. The van der Waals surface area contributed by atoms with Gasteiger partial charge in [0, 0.05) is 12.1 Å². The Labute approximate surface area is 125 Å². The number of carbonyl (C=O) groups excluding carboxylic acids is 1. The first kappa shape index (κ1) is 16.2. The summed E-state index contributed by atoms with van der Waals surface area (Å²) in [5.74, 6) is -1.14. The molecular formula is C15H26N2O4. The summed E-state index contributed by atoms with van der Waals surface area (Å²) in [6.45, 7) is 5.46. The van der Waals surface area contributed by atoms with Crippen LogP contribution in [-0.4, -0.2) is 48.8 Å². The molecule has 0 spiro atoms. The molecule has 1 saturated carbocycles. The molecule has 2 rings (SSSR count). The monoisotopic (exact) mass is 298 g/mol. The lowest BCUT2D eigenvalue weighted by molar-refractivity contribution is -0.152.